The zero-order chi connectivity index (χ0) is 17.0. The molecule has 0 saturated heterocycles. The van der Waals surface area contributed by atoms with Crippen LogP contribution in [-0.2, 0) is 24.4 Å². The summed E-state index contributed by atoms with van der Waals surface area (Å²) in [6, 6.07) is 7.35. The number of hydrogen-bond acceptors (Lipinski definition) is 5. The van der Waals surface area contributed by atoms with Gasteiger partial charge in [0.25, 0.3) is 0 Å². The van der Waals surface area contributed by atoms with Crippen molar-refractivity contribution in [1.82, 2.24) is 0 Å². The van der Waals surface area contributed by atoms with Crippen molar-refractivity contribution in [2.24, 2.45) is 0 Å². The lowest BCUT2D eigenvalue weighted by Crippen LogP contribution is -2.27. The first-order valence-electron chi connectivity index (χ1n) is 7.59. The Hall–Kier alpha value is -2.30. The largest absolute Gasteiger partial charge is 0.493 e. The van der Waals surface area contributed by atoms with Crippen molar-refractivity contribution in [2.75, 3.05) is 13.2 Å². The molecule has 5 nitrogen and oxygen atoms in total. The summed E-state index contributed by atoms with van der Waals surface area (Å²) in [4.78, 5) is 24.2. The first kappa shape index (κ1) is 17.1. The Labute approximate surface area is 136 Å². The summed E-state index contributed by atoms with van der Waals surface area (Å²) in [7, 11) is 0. The molecule has 0 aliphatic carbocycles. The van der Waals surface area contributed by atoms with E-state index in [1.165, 1.54) is 6.26 Å². The van der Waals surface area contributed by atoms with Crippen LogP contribution >= 0.6 is 0 Å². The van der Waals surface area contributed by atoms with Gasteiger partial charge in [-0.15, -0.1) is 0 Å². The number of ether oxygens (including phenoxy) is 3. The third kappa shape index (κ3) is 4.34. The van der Waals surface area contributed by atoms with Gasteiger partial charge in [0.05, 0.1) is 0 Å². The van der Waals surface area contributed by atoms with E-state index < -0.39 is 12.1 Å². The van der Waals surface area contributed by atoms with E-state index in [1.807, 2.05) is 12.1 Å². The maximum Gasteiger partial charge on any atom is 0.377 e. The van der Waals surface area contributed by atoms with Gasteiger partial charge in [0.2, 0.25) is 11.5 Å². The summed E-state index contributed by atoms with van der Waals surface area (Å²) in [6.07, 6.45) is 0.315. The number of hydrogen-bond donors (Lipinski definition) is 0. The molecular weight excluding hydrogens is 296 g/mol. The molecule has 2 rings (SSSR count). The second kappa shape index (κ2) is 6.86. The average molecular weight is 318 g/mol. The number of ketones is 1. The SMILES string of the molecule is C[C@H](OC(=O)C1=COCCO1)C(=O)c1ccc(C(C)(C)C)cc1. The van der Waals surface area contributed by atoms with E-state index in [2.05, 4.69) is 20.8 Å². The molecule has 1 heterocycles. The zero-order valence-corrected chi connectivity index (χ0v) is 13.9. The minimum atomic E-state index is -0.894. The van der Waals surface area contributed by atoms with Crippen molar-refractivity contribution in [2.45, 2.75) is 39.2 Å². The van der Waals surface area contributed by atoms with Gasteiger partial charge in [-0.1, -0.05) is 45.0 Å². The lowest BCUT2D eigenvalue weighted by atomic mass is 9.86. The third-order valence-electron chi connectivity index (χ3n) is 3.54. The van der Waals surface area contributed by atoms with Crippen LogP contribution in [0.4, 0.5) is 0 Å². The van der Waals surface area contributed by atoms with Crippen molar-refractivity contribution in [3.05, 3.63) is 47.4 Å². The van der Waals surface area contributed by atoms with E-state index in [0.717, 1.165) is 5.56 Å². The second-order valence-electron chi connectivity index (χ2n) is 6.44. The van der Waals surface area contributed by atoms with E-state index >= 15 is 0 Å². The van der Waals surface area contributed by atoms with Crippen LogP contribution in [0.1, 0.15) is 43.6 Å². The molecule has 23 heavy (non-hydrogen) atoms. The van der Waals surface area contributed by atoms with Gasteiger partial charge in [-0.25, -0.2) is 4.79 Å². The Bertz CT molecular complexity index is 607. The van der Waals surface area contributed by atoms with E-state index in [9.17, 15) is 9.59 Å². The first-order chi connectivity index (χ1) is 10.8. The van der Waals surface area contributed by atoms with Crippen LogP contribution in [0.2, 0.25) is 0 Å². The molecule has 0 fully saturated rings. The molecule has 0 radical (unpaired) electrons. The molecule has 1 aromatic carbocycles. The summed E-state index contributed by atoms with van der Waals surface area (Å²) < 4.78 is 15.3. The van der Waals surface area contributed by atoms with Crippen molar-refractivity contribution in [1.29, 1.82) is 0 Å². The number of carbonyl (C=O) groups is 2. The van der Waals surface area contributed by atoms with Gasteiger partial charge >= 0.3 is 5.97 Å². The van der Waals surface area contributed by atoms with Crippen LogP contribution in [0.3, 0.4) is 0 Å². The molecule has 124 valence electrons. The Morgan fingerprint density at radius 3 is 2.30 bits per heavy atom. The molecule has 0 unspecified atom stereocenters. The van der Waals surface area contributed by atoms with Crippen LogP contribution in [0, 0.1) is 0 Å². The summed E-state index contributed by atoms with van der Waals surface area (Å²) in [5.41, 5.74) is 1.66. The van der Waals surface area contributed by atoms with Crippen LogP contribution in [0.25, 0.3) is 0 Å². The number of esters is 1. The standard InChI is InChI=1S/C18H22O5/c1-12(23-17(20)15-11-21-9-10-22-15)16(19)13-5-7-14(8-6-13)18(2,3)4/h5-8,11-12H,9-10H2,1-4H3/t12-/m0/s1. The van der Waals surface area contributed by atoms with E-state index in [0.29, 0.717) is 12.2 Å². The quantitative estimate of drug-likeness (QED) is 0.631. The number of benzene rings is 1. The van der Waals surface area contributed by atoms with E-state index in [-0.39, 0.29) is 23.6 Å². The molecule has 1 aromatic rings. The summed E-state index contributed by atoms with van der Waals surface area (Å²) >= 11 is 0. The molecular formula is C18H22O5. The highest BCUT2D eigenvalue weighted by atomic mass is 16.6. The van der Waals surface area contributed by atoms with Gasteiger partial charge in [0.15, 0.2) is 6.10 Å². The minimum absolute atomic E-state index is 0.0148. The number of Topliss-reactive ketones (excluding diaryl/α,β-unsaturated/α-hetero) is 1. The van der Waals surface area contributed by atoms with Crippen LogP contribution < -0.4 is 0 Å². The first-order valence-corrected chi connectivity index (χ1v) is 7.59. The van der Waals surface area contributed by atoms with Crippen molar-refractivity contribution < 1.29 is 23.8 Å². The number of carbonyl (C=O) groups excluding carboxylic acids is 2. The van der Waals surface area contributed by atoms with Crippen molar-refractivity contribution >= 4 is 11.8 Å². The molecule has 1 aliphatic rings. The molecule has 0 saturated carbocycles. The second-order valence-corrected chi connectivity index (χ2v) is 6.44. The molecule has 0 aromatic heterocycles. The number of rotatable bonds is 4. The van der Waals surface area contributed by atoms with Gasteiger partial charge in [-0.3, -0.25) is 4.79 Å². The summed E-state index contributed by atoms with van der Waals surface area (Å²) in [5.74, 6) is -0.966. The van der Waals surface area contributed by atoms with Gasteiger partial charge in [0.1, 0.15) is 19.5 Å². The Balaban J connectivity index is 2.02. The fourth-order valence-electron chi connectivity index (χ4n) is 2.12. The predicted molar refractivity (Wildman–Crippen MR) is 85.0 cm³/mol. The molecule has 0 N–H and O–H groups in total. The molecule has 0 bridgehead atoms. The highest BCUT2D eigenvalue weighted by Gasteiger charge is 2.24. The molecule has 1 atom stereocenters. The third-order valence-corrected chi connectivity index (χ3v) is 3.54. The van der Waals surface area contributed by atoms with Crippen molar-refractivity contribution in [3.8, 4) is 0 Å². The lowest BCUT2D eigenvalue weighted by molar-refractivity contribution is -0.147. The van der Waals surface area contributed by atoms with Gasteiger partial charge in [0, 0.05) is 5.56 Å². The smallest absolute Gasteiger partial charge is 0.377 e. The Kier molecular flexibility index (Phi) is 5.08. The lowest BCUT2D eigenvalue weighted by Gasteiger charge is -2.20. The maximum absolute atomic E-state index is 12.4. The van der Waals surface area contributed by atoms with Crippen LogP contribution in [0.15, 0.2) is 36.3 Å². The fourth-order valence-corrected chi connectivity index (χ4v) is 2.12. The topological polar surface area (TPSA) is 61.8 Å². The average Bonchev–Trinajstić information content (AvgIpc) is 2.54. The summed E-state index contributed by atoms with van der Waals surface area (Å²) in [6.45, 7) is 8.54. The van der Waals surface area contributed by atoms with Gasteiger partial charge in [-0.05, 0) is 17.9 Å². The fraction of sp³-hybridized carbons (Fsp3) is 0.444. The Morgan fingerprint density at radius 2 is 1.78 bits per heavy atom. The Morgan fingerprint density at radius 1 is 1.13 bits per heavy atom. The predicted octanol–water partition coefficient (Wildman–Crippen LogP) is 2.99. The van der Waals surface area contributed by atoms with E-state index in [4.69, 9.17) is 14.2 Å². The molecule has 0 spiro atoms. The highest BCUT2D eigenvalue weighted by Crippen LogP contribution is 2.22. The monoisotopic (exact) mass is 318 g/mol. The van der Waals surface area contributed by atoms with Gasteiger partial charge < -0.3 is 14.2 Å². The highest BCUT2D eigenvalue weighted by molar-refractivity contribution is 6.01. The van der Waals surface area contributed by atoms with Crippen molar-refractivity contribution in [3.63, 3.8) is 0 Å². The maximum atomic E-state index is 12.4. The minimum Gasteiger partial charge on any atom is -0.493 e. The normalized spacial score (nSPS) is 15.7. The van der Waals surface area contributed by atoms with Crippen LogP contribution in [0.5, 0.6) is 0 Å². The van der Waals surface area contributed by atoms with Crippen LogP contribution in [-0.4, -0.2) is 31.1 Å². The zero-order valence-electron chi connectivity index (χ0n) is 13.9. The van der Waals surface area contributed by atoms with E-state index in [1.54, 1.807) is 19.1 Å². The summed E-state index contributed by atoms with van der Waals surface area (Å²) in [5, 5.41) is 0. The molecule has 5 heteroatoms. The van der Waals surface area contributed by atoms with Gasteiger partial charge in [-0.2, -0.15) is 0 Å². The molecule has 0 amide bonds. The molecule has 1 aliphatic heterocycles.